The third kappa shape index (κ3) is 11.8. The van der Waals surface area contributed by atoms with Crippen LogP contribution in [0.1, 0.15) is 18.3 Å². The Bertz CT molecular complexity index is 735. The quantitative estimate of drug-likeness (QED) is 0.251. The first kappa shape index (κ1) is 24.6. The lowest BCUT2D eigenvalue weighted by Gasteiger charge is -2.23. The molecule has 0 aliphatic rings. The maximum atomic E-state index is 11.2. The summed E-state index contributed by atoms with van der Waals surface area (Å²) in [6.07, 6.45) is -2.13. The van der Waals surface area contributed by atoms with E-state index in [0.29, 0.717) is 17.9 Å². The van der Waals surface area contributed by atoms with Gasteiger partial charge < -0.3 is 29.4 Å². The average molecular weight is 447 g/mol. The minimum atomic E-state index is -4.55. The van der Waals surface area contributed by atoms with Crippen molar-refractivity contribution in [2.45, 2.75) is 20.0 Å². The molecule has 0 fully saturated rings. The fourth-order valence-corrected chi connectivity index (χ4v) is 4.77. The van der Waals surface area contributed by atoms with Gasteiger partial charge in [0.2, 0.25) is 0 Å². The van der Waals surface area contributed by atoms with Gasteiger partial charge in [-0.05, 0) is 18.7 Å². The Hall–Kier alpha value is -0.480. The Balaban J connectivity index is 2.93. The van der Waals surface area contributed by atoms with Gasteiger partial charge in [-0.15, -0.1) is 0 Å². The lowest BCUT2D eigenvalue weighted by molar-refractivity contribution is 0.269. The van der Waals surface area contributed by atoms with Crippen LogP contribution < -0.4 is 0 Å². The minimum absolute atomic E-state index is 0.131. The normalized spacial score (nSPS) is 13.5. The maximum Gasteiger partial charge on any atom is 0.339 e. The highest BCUT2D eigenvalue weighted by Gasteiger charge is 2.26. The van der Waals surface area contributed by atoms with E-state index in [1.807, 2.05) is 0 Å². The molecular weight excluding hydrogens is 423 g/mol. The summed E-state index contributed by atoms with van der Waals surface area (Å²) >= 11 is 0. The van der Waals surface area contributed by atoms with E-state index >= 15 is 0 Å². The summed E-state index contributed by atoms with van der Waals surface area (Å²) in [7, 11) is -13.3. The zero-order valence-corrected chi connectivity index (χ0v) is 17.2. The van der Waals surface area contributed by atoms with Gasteiger partial charge in [0, 0.05) is 13.1 Å². The van der Waals surface area contributed by atoms with Gasteiger partial charge >= 0.3 is 22.8 Å². The average Bonchev–Trinajstić information content (AvgIpc) is 2.41. The topological polar surface area (TPSA) is 192 Å². The molecule has 15 heteroatoms. The van der Waals surface area contributed by atoms with Crippen LogP contribution in [0.5, 0.6) is 0 Å². The second-order valence-electron chi connectivity index (χ2n) is 6.01. The Labute approximate surface area is 156 Å². The molecule has 0 aliphatic heterocycles. The fourth-order valence-electron chi connectivity index (χ4n) is 2.35. The van der Waals surface area contributed by atoms with E-state index in [1.54, 1.807) is 19.1 Å². The van der Waals surface area contributed by atoms with E-state index < -0.39 is 41.6 Å². The van der Waals surface area contributed by atoms with Crippen LogP contribution >= 0.6 is 22.8 Å². The molecule has 0 aliphatic carbocycles. The van der Waals surface area contributed by atoms with Gasteiger partial charge in [-0.1, -0.05) is 13.0 Å². The smallest absolute Gasteiger partial charge is 0.324 e. The van der Waals surface area contributed by atoms with Crippen LogP contribution in [0.15, 0.2) is 18.2 Å². The lowest BCUT2D eigenvalue weighted by atomic mass is 10.3. The molecule has 1 aromatic heterocycles. The van der Waals surface area contributed by atoms with Gasteiger partial charge in [-0.25, -0.2) is 0 Å². The number of hydrogen-bond donors (Lipinski definition) is 6. The van der Waals surface area contributed by atoms with Crippen LogP contribution in [0.25, 0.3) is 0 Å². The van der Waals surface area contributed by atoms with Crippen molar-refractivity contribution >= 4 is 22.8 Å². The highest BCUT2D eigenvalue weighted by Crippen LogP contribution is 2.41. The van der Waals surface area contributed by atoms with Crippen LogP contribution in [0.2, 0.25) is 0 Å². The SMILES string of the molecule is CCN(Cc1cccc(CN(CP(=O)(O)O)CP(=O)(O)O)n1)CP(=O)(O)O. The summed E-state index contributed by atoms with van der Waals surface area (Å²) in [6.45, 7) is 2.00. The molecular formula is C12H24N3O9P3. The van der Waals surface area contributed by atoms with Gasteiger partial charge in [-0.2, -0.15) is 0 Å². The van der Waals surface area contributed by atoms with Crippen molar-refractivity contribution in [1.29, 1.82) is 0 Å². The molecule has 0 spiro atoms. The second kappa shape index (κ2) is 9.82. The highest BCUT2D eigenvalue weighted by atomic mass is 31.2. The number of aromatic nitrogens is 1. The van der Waals surface area contributed by atoms with Gasteiger partial charge in [0.25, 0.3) is 0 Å². The molecule has 0 radical (unpaired) electrons. The van der Waals surface area contributed by atoms with Gasteiger partial charge in [0.1, 0.15) is 18.9 Å². The zero-order chi connectivity index (χ0) is 20.9. The second-order valence-corrected chi connectivity index (χ2v) is 10.8. The summed E-state index contributed by atoms with van der Waals surface area (Å²) < 4.78 is 33.5. The molecule has 1 rings (SSSR count). The number of rotatable bonds is 11. The van der Waals surface area contributed by atoms with Crippen molar-refractivity contribution in [2.24, 2.45) is 0 Å². The van der Waals surface area contributed by atoms with E-state index in [-0.39, 0.29) is 13.1 Å². The monoisotopic (exact) mass is 447 g/mol. The Kier molecular flexibility index (Phi) is 8.94. The van der Waals surface area contributed by atoms with Crippen molar-refractivity contribution in [1.82, 2.24) is 14.8 Å². The van der Waals surface area contributed by atoms with Crippen LogP contribution in [0.4, 0.5) is 0 Å². The number of nitrogens with zero attached hydrogens (tertiary/aromatic N) is 3. The molecule has 0 aromatic carbocycles. The predicted molar refractivity (Wildman–Crippen MR) is 96.6 cm³/mol. The summed E-state index contributed by atoms with van der Waals surface area (Å²) in [5.41, 5.74) is 0.761. The molecule has 0 unspecified atom stereocenters. The molecule has 156 valence electrons. The highest BCUT2D eigenvalue weighted by molar-refractivity contribution is 7.52. The zero-order valence-electron chi connectivity index (χ0n) is 14.6. The van der Waals surface area contributed by atoms with Crippen LogP contribution in [0.3, 0.4) is 0 Å². The molecule has 0 saturated carbocycles. The summed E-state index contributed by atoms with van der Waals surface area (Å²) in [5.74, 6) is 0. The van der Waals surface area contributed by atoms with E-state index in [4.69, 9.17) is 29.4 Å². The van der Waals surface area contributed by atoms with Gasteiger partial charge in [-0.3, -0.25) is 28.5 Å². The lowest BCUT2D eigenvalue weighted by Crippen LogP contribution is -2.27. The molecule has 0 atom stereocenters. The van der Waals surface area contributed by atoms with E-state index in [9.17, 15) is 13.7 Å². The van der Waals surface area contributed by atoms with Gasteiger partial charge in [0.05, 0.1) is 11.4 Å². The summed E-state index contributed by atoms with van der Waals surface area (Å²) in [6, 6.07) is 4.73. The first-order valence-electron chi connectivity index (χ1n) is 7.70. The summed E-state index contributed by atoms with van der Waals surface area (Å²) in [4.78, 5) is 61.2. The van der Waals surface area contributed by atoms with Crippen LogP contribution in [-0.2, 0) is 26.8 Å². The third-order valence-electron chi connectivity index (χ3n) is 3.24. The van der Waals surface area contributed by atoms with E-state index in [1.165, 1.54) is 11.0 Å². The largest absolute Gasteiger partial charge is 0.339 e. The Morgan fingerprint density at radius 1 is 0.778 bits per heavy atom. The molecule has 12 nitrogen and oxygen atoms in total. The minimum Gasteiger partial charge on any atom is -0.324 e. The predicted octanol–water partition coefficient (Wildman–Crippen LogP) is 0.111. The van der Waals surface area contributed by atoms with Gasteiger partial charge in [0.15, 0.2) is 0 Å². The van der Waals surface area contributed by atoms with Crippen LogP contribution in [0, 0.1) is 0 Å². The Morgan fingerprint density at radius 2 is 1.15 bits per heavy atom. The molecule has 0 bridgehead atoms. The first-order valence-corrected chi connectivity index (χ1v) is 13.1. The van der Waals surface area contributed by atoms with E-state index in [0.717, 1.165) is 4.90 Å². The fraction of sp³-hybridized carbons (Fsp3) is 0.583. The molecule has 0 saturated heterocycles. The van der Waals surface area contributed by atoms with E-state index in [2.05, 4.69) is 4.98 Å². The van der Waals surface area contributed by atoms with Crippen molar-refractivity contribution in [3.05, 3.63) is 29.6 Å². The summed E-state index contributed by atoms with van der Waals surface area (Å²) in [5, 5.41) is 0. The van der Waals surface area contributed by atoms with Crippen molar-refractivity contribution in [2.75, 3.05) is 25.4 Å². The number of hydrogen-bond acceptors (Lipinski definition) is 6. The van der Waals surface area contributed by atoms with Crippen molar-refractivity contribution < 1.29 is 43.1 Å². The molecule has 1 aromatic rings. The standard InChI is InChI=1S/C12H24N3O9P3/c1-2-14(8-25(16,17)18)6-11-4-3-5-12(13-11)7-15(9-26(19,20)21)10-27(22,23)24/h3-5H,2,6-10H2,1H3,(H2,16,17,18)(H2,19,20,21)(H2,22,23,24). The van der Waals surface area contributed by atoms with Crippen molar-refractivity contribution in [3.8, 4) is 0 Å². The number of pyridine rings is 1. The molecule has 1 heterocycles. The molecule has 6 N–H and O–H groups in total. The van der Waals surface area contributed by atoms with Crippen molar-refractivity contribution in [3.63, 3.8) is 0 Å². The Morgan fingerprint density at radius 3 is 1.52 bits per heavy atom. The first-order chi connectivity index (χ1) is 12.2. The third-order valence-corrected chi connectivity index (χ3v) is 5.54. The maximum absolute atomic E-state index is 11.2. The molecule has 0 amide bonds. The molecule has 27 heavy (non-hydrogen) atoms. The van der Waals surface area contributed by atoms with Crippen LogP contribution in [-0.4, -0.2) is 69.5 Å².